The first kappa shape index (κ1) is 16.9. The minimum atomic E-state index is -0.0806. The minimum Gasteiger partial charge on any atom is -0.393 e. The van der Waals surface area contributed by atoms with Gasteiger partial charge < -0.3 is 5.11 Å². The summed E-state index contributed by atoms with van der Waals surface area (Å²) in [6.45, 7) is 9.74. The molecule has 4 aliphatic carbocycles. The summed E-state index contributed by atoms with van der Waals surface area (Å²) < 4.78 is 0. The van der Waals surface area contributed by atoms with Gasteiger partial charge in [-0.15, -0.1) is 0 Å². The highest BCUT2D eigenvalue weighted by Gasteiger charge is 2.58. The molecule has 0 aliphatic heterocycles. The molecule has 0 radical (unpaired) electrons. The monoisotopic (exact) mass is 328 g/mol. The van der Waals surface area contributed by atoms with Crippen molar-refractivity contribution in [2.24, 2.45) is 34.5 Å². The standard InChI is InChI=1S/C23H36O/c1-5-15(2)19-8-9-20-18-7-6-16-14-17(24)10-12-22(16,3)21(18)11-13-23(19,20)4/h5-6,17-21,24H,7-14H2,1-4H3/t17?,18-,19+,20-,21-,22-,23+/m0/s1. The van der Waals surface area contributed by atoms with Crippen molar-refractivity contribution in [1.82, 2.24) is 0 Å². The van der Waals surface area contributed by atoms with Crippen LogP contribution in [-0.2, 0) is 0 Å². The Bertz CT molecular complexity index is 573. The second-order valence-corrected chi connectivity index (χ2v) is 9.86. The molecule has 4 rings (SSSR count). The van der Waals surface area contributed by atoms with E-state index in [9.17, 15) is 5.11 Å². The molecule has 24 heavy (non-hydrogen) atoms. The number of aliphatic hydroxyl groups excluding tert-OH is 1. The predicted octanol–water partition coefficient (Wildman–Crippen LogP) is 5.89. The Morgan fingerprint density at radius 2 is 1.92 bits per heavy atom. The summed E-state index contributed by atoms with van der Waals surface area (Å²) in [5.74, 6) is 3.49. The van der Waals surface area contributed by atoms with E-state index in [2.05, 4.69) is 39.8 Å². The minimum absolute atomic E-state index is 0.0806. The lowest BCUT2D eigenvalue weighted by atomic mass is 9.47. The molecule has 1 unspecified atom stereocenters. The van der Waals surface area contributed by atoms with Crippen LogP contribution in [0.5, 0.6) is 0 Å². The average molecular weight is 329 g/mol. The normalized spacial score (nSPS) is 51.5. The van der Waals surface area contributed by atoms with E-state index in [1.807, 2.05) is 0 Å². The van der Waals surface area contributed by atoms with Crippen molar-refractivity contribution in [1.29, 1.82) is 0 Å². The zero-order chi connectivity index (χ0) is 17.1. The molecule has 0 heterocycles. The molecular formula is C23H36O. The van der Waals surface area contributed by atoms with Gasteiger partial charge in [-0.25, -0.2) is 0 Å². The smallest absolute Gasteiger partial charge is 0.0577 e. The number of fused-ring (bicyclic) bond motifs is 5. The molecule has 0 aromatic rings. The zero-order valence-corrected chi connectivity index (χ0v) is 16.1. The van der Waals surface area contributed by atoms with Gasteiger partial charge >= 0.3 is 0 Å². The van der Waals surface area contributed by atoms with Gasteiger partial charge in [-0.3, -0.25) is 0 Å². The summed E-state index contributed by atoms with van der Waals surface area (Å²) in [5.41, 5.74) is 4.16. The molecule has 0 aromatic carbocycles. The lowest BCUT2D eigenvalue weighted by Crippen LogP contribution is -2.50. The SMILES string of the molecule is CC=C(C)[C@H]1CC[C@H]2[C@@H]3CC=C4CC(O)CC[C@]4(C)[C@H]3CC[C@]12C. The molecule has 0 spiro atoms. The second-order valence-electron chi connectivity index (χ2n) is 9.86. The summed E-state index contributed by atoms with van der Waals surface area (Å²) in [6.07, 6.45) is 15.0. The molecule has 4 aliphatic rings. The first-order valence-electron chi connectivity index (χ1n) is 10.4. The molecule has 1 nitrogen and oxygen atoms in total. The van der Waals surface area contributed by atoms with Crippen LogP contribution in [0.3, 0.4) is 0 Å². The Balaban J connectivity index is 1.65. The molecule has 0 saturated heterocycles. The van der Waals surface area contributed by atoms with Gasteiger partial charge in [0.05, 0.1) is 6.10 Å². The van der Waals surface area contributed by atoms with E-state index in [1.165, 1.54) is 38.5 Å². The van der Waals surface area contributed by atoms with E-state index in [4.69, 9.17) is 0 Å². The van der Waals surface area contributed by atoms with Crippen LogP contribution < -0.4 is 0 Å². The fraction of sp³-hybridized carbons (Fsp3) is 0.826. The van der Waals surface area contributed by atoms with Gasteiger partial charge in [0.1, 0.15) is 0 Å². The summed E-state index contributed by atoms with van der Waals surface area (Å²) in [4.78, 5) is 0. The molecule has 1 N–H and O–H groups in total. The highest BCUT2D eigenvalue weighted by molar-refractivity contribution is 5.26. The molecule has 0 aromatic heterocycles. The first-order valence-corrected chi connectivity index (χ1v) is 10.4. The number of rotatable bonds is 1. The average Bonchev–Trinajstić information content (AvgIpc) is 2.92. The van der Waals surface area contributed by atoms with Crippen molar-refractivity contribution in [3.63, 3.8) is 0 Å². The van der Waals surface area contributed by atoms with E-state index in [-0.39, 0.29) is 6.10 Å². The maximum atomic E-state index is 10.1. The zero-order valence-electron chi connectivity index (χ0n) is 16.1. The molecular weight excluding hydrogens is 292 g/mol. The molecule has 134 valence electrons. The first-order chi connectivity index (χ1) is 11.4. The van der Waals surface area contributed by atoms with Crippen LogP contribution in [0.25, 0.3) is 0 Å². The fourth-order valence-corrected chi connectivity index (χ4v) is 7.59. The number of aliphatic hydroxyl groups is 1. The van der Waals surface area contributed by atoms with Crippen molar-refractivity contribution in [2.45, 2.75) is 85.2 Å². The van der Waals surface area contributed by atoms with Gasteiger partial charge in [0, 0.05) is 0 Å². The van der Waals surface area contributed by atoms with Crippen molar-refractivity contribution < 1.29 is 5.11 Å². The number of hydrogen-bond acceptors (Lipinski definition) is 1. The Kier molecular flexibility index (Phi) is 4.03. The maximum absolute atomic E-state index is 10.1. The van der Waals surface area contributed by atoms with E-state index in [0.29, 0.717) is 10.8 Å². The van der Waals surface area contributed by atoms with Gasteiger partial charge in [-0.1, -0.05) is 37.1 Å². The summed E-state index contributed by atoms with van der Waals surface area (Å²) in [5, 5.41) is 10.1. The van der Waals surface area contributed by atoms with Crippen molar-refractivity contribution >= 4 is 0 Å². The Hall–Kier alpha value is -0.560. The fourth-order valence-electron chi connectivity index (χ4n) is 7.59. The van der Waals surface area contributed by atoms with Crippen LogP contribution >= 0.6 is 0 Å². The topological polar surface area (TPSA) is 20.2 Å². The van der Waals surface area contributed by atoms with Gasteiger partial charge in [0.2, 0.25) is 0 Å². The van der Waals surface area contributed by atoms with Crippen LogP contribution in [0.1, 0.15) is 79.1 Å². The Morgan fingerprint density at radius 3 is 2.67 bits per heavy atom. The van der Waals surface area contributed by atoms with E-state index < -0.39 is 0 Å². The van der Waals surface area contributed by atoms with Gasteiger partial charge in [-0.05, 0) is 99.7 Å². The summed E-state index contributed by atoms with van der Waals surface area (Å²) in [7, 11) is 0. The third-order valence-corrected chi connectivity index (χ3v) is 9.08. The third-order valence-electron chi connectivity index (χ3n) is 9.08. The van der Waals surface area contributed by atoms with Crippen LogP contribution in [0.15, 0.2) is 23.3 Å². The molecule has 1 heteroatoms. The predicted molar refractivity (Wildman–Crippen MR) is 101 cm³/mol. The van der Waals surface area contributed by atoms with Gasteiger partial charge in [0.15, 0.2) is 0 Å². The highest BCUT2D eigenvalue weighted by Crippen LogP contribution is 2.67. The maximum Gasteiger partial charge on any atom is 0.0577 e. The van der Waals surface area contributed by atoms with Crippen LogP contribution in [0, 0.1) is 34.5 Å². The van der Waals surface area contributed by atoms with Gasteiger partial charge in [0.25, 0.3) is 0 Å². The van der Waals surface area contributed by atoms with Crippen molar-refractivity contribution in [3.8, 4) is 0 Å². The van der Waals surface area contributed by atoms with Gasteiger partial charge in [-0.2, -0.15) is 0 Å². The summed E-state index contributed by atoms with van der Waals surface area (Å²) in [6, 6.07) is 0. The van der Waals surface area contributed by atoms with Crippen LogP contribution in [0.4, 0.5) is 0 Å². The van der Waals surface area contributed by atoms with E-state index in [1.54, 1.807) is 11.1 Å². The van der Waals surface area contributed by atoms with Crippen molar-refractivity contribution in [3.05, 3.63) is 23.3 Å². The molecule has 0 amide bonds. The molecule has 7 atom stereocenters. The largest absolute Gasteiger partial charge is 0.393 e. The lowest BCUT2D eigenvalue weighted by Gasteiger charge is -2.58. The third kappa shape index (κ3) is 2.23. The van der Waals surface area contributed by atoms with Crippen LogP contribution in [-0.4, -0.2) is 11.2 Å². The molecule has 3 saturated carbocycles. The molecule has 0 bridgehead atoms. The Labute approximate surface area is 148 Å². The highest BCUT2D eigenvalue weighted by atomic mass is 16.3. The van der Waals surface area contributed by atoms with Crippen LogP contribution in [0.2, 0.25) is 0 Å². The molecule has 3 fully saturated rings. The summed E-state index contributed by atoms with van der Waals surface area (Å²) >= 11 is 0. The second kappa shape index (κ2) is 5.73. The Morgan fingerprint density at radius 1 is 1.12 bits per heavy atom. The van der Waals surface area contributed by atoms with E-state index >= 15 is 0 Å². The number of hydrogen-bond donors (Lipinski definition) is 1. The lowest BCUT2D eigenvalue weighted by molar-refractivity contribution is -0.0454. The van der Waals surface area contributed by atoms with Crippen molar-refractivity contribution in [2.75, 3.05) is 0 Å². The quantitative estimate of drug-likeness (QED) is 0.595. The number of allylic oxidation sites excluding steroid dienone is 3. The van der Waals surface area contributed by atoms with E-state index in [0.717, 1.165) is 36.5 Å².